The molecule has 2 atom stereocenters. The number of likely N-dealkylation sites (tertiary alicyclic amines) is 1. The zero-order valence-corrected chi connectivity index (χ0v) is 17.9. The van der Waals surface area contributed by atoms with Crippen molar-refractivity contribution in [2.75, 3.05) is 20.8 Å². The van der Waals surface area contributed by atoms with Crippen LogP contribution < -0.4 is 14.8 Å². The molecule has 2 aromatic carbocycles. The molecule has 0 aliphatic carbocycles. The van der Waals surface area contributed by atoms with Gasteiger partial charge in [-0.2, -0.15) is 0 Å². The molecule has 160 valence electrons. The SMILES string of the molecule is CCCCN1C(=O)C[C@@H](C(=O)NCc2ccccc2)[C@@H]1c1cccc(OC)c1OC. The number of unbranched alkanes of at least 4 members (excludes halogenated alkanes) is 1. The van der Waals surface area contributed by atoms with Crippen LogP contribution in [0.2, 0.25) is 0 Å². The van der Waals surface area contributed by atoms with E-state index in [0.29, 0.717) is 24.6 Å². The van der Waals surface area contributed by atoms with Crippen LogP contribution in [0.15, 0.2) is 48.5 Å². The Morgan fingerprint density at radius 2 is 1.87 bits per heavy atom. The molecule has 1 saturated heterocycles. The van der Waals surface area contributed by atoms with E-state index in [1.165, 1.54) is 0 Å². The van der Waals surface area contributed by atoms with Gasteiger partial charge >= 0.3 is 0 Å². The van der Waals surface area contributed by atoms with Crippen LogP contribution >= 0.6 is 0 Å². The molecule has 1 heterocycles. The lowest BCUT2D eigenvalue weighted by Crippen LogP contribution is -2.36. The molecule has 0 aromatic heterocycles. The fourth-order valence-corrected chi connectivity index (χ4v) is 4.06. The fourth-order valence-electron chi connectivity index (χ4n) is 4.06. The standard InChI is InChI=1S/C24H30N2O4/c1-4-5-14-26-21(27)15-19(24(28)25-16-17-10-7-6-8-11-17)22(26)18-12-9-13-20(29-2)23(18)30-3/h6-13,19,22H,4-5,14-16H2,1-3H3,(H,25,28)/t19-,22+/m1/s1. The van der Waals surface area contributed by atoms with Crippen LogP contribution in [0.1, 0.15) is 43.4 Å². The first-order chi connectivity index (χ1) is 14.6. The average Bonchev–Trinajstić information content (AvgIpc) is 3.11. The van der Waals surface area contributed by atoms with E-state index in [2.05, 4.69) is 12.2 Å². The van der Waals surface area contributed by atoms with Gasteiger partial charge in [0.25, 0.3) is 0 Å². The summed E-state index contributed by atoms with van der Waals surface area (Å²) in [5.41, 5.74) is 1.83. The van der Waals surface area contributed by atoms with Crippen LogP contribution in [-0.4, -0.2) is 37.5 Å². The predicted octanol–water partition coefficient (Wildman–Crippen LogP) is 3.71. The molecule has 0 saturated carbocycles. The summed E-state index contributed by atoms with van der Waals surface area (Å²) in [6, 6.07) is 15.0. The molecule has 6 nitrogen and oxygen atoms in total. The second-order valence-electron chi connectivity index (χ2n) is 7.48. The van der Waals surface area contributed by atoms with Crippen molar-refractivity contribution < 1.29 is 19.1 Å². The number of amides is 2. The summed E-state index contributed by atoms with van der Waals surface area (Å²) < 4.78 is 11.1. The number of carbonyl (C=O) groups is 2. The Labute approximate surface area is 178 Å². The lowest BCUT2D eigenvalue weighted by atomic mass is 9.91. The molecule has 2 aromatic rings. The van der Waals surface area contributed by atoms with Crippen molar-refractivity contribution in [1.29, 1.82) is 0 Å². The van der Waals surface area contributed by atoms with E-state index < -0.39 is 5.92 Å². The zero-order valence-electron chi connectivity index (χ0n) is 17.9. The van der Waals surface area contributed by atoms with Crippen molar-refractivity contribution in [3.63, 3.8) is 0 Å². The summed E-state index contributed by atoms with van der Waals surface area (Å²) in [5, 5.41) is 3.01. The third-order valence-electron chi connectivity index (χ3n) is 5.58. The van der Waals surface area contributed by atoms with Gasteiger partial charge in [-0.15, -0.1) is 0 Å². The van der Waals surface area contributed by atoms with E-state index >= 15 is 0 Å². The summed E-state index contributed by atoms with van der Waals surface area (Å²) in [6.07, 6.45) is 2.04. The van der Waals surface area contributed by atoms with Crippen LogP contribution in [0.25, 0.3) is 0 Å². The fraction of sp³-hybridized carbons (Fsp3) is 0.417. The van der Waals surface area contributed by atoms with Crippen molar-refractivity contribution in [1.82, 2.24) is 10.2 Å². The Morgan fingerprint density at radius 1 is 1.10 bits per heavy atom. The number of nitrogens with one attached hydrogen (secondary N) is 1. The van der Waals surface area contributed by atoms with E-state index in [4.69, 9.17) is 9.47 Å². The molecule has 1 aliphatic heterocycles. The highest BCUT2D eigenvalue weighted by molar-refractivity contribution is 5.90. The topological polar surface area (TPSA) is 67.9 Å². The van der Waals surface area contributed by atoms with Gasteiger partial charge in [-0.25, -0.2) is 0 Å². The minimum absolute atomic E-state index is 0.00168. The van der Waals surface area contributed by atoms with E-state index in [1.54, 1.807) is 14.2 Å². The molecular formula is C24H30N2O4. The molecule has 30 heavy (non-hydrogen) atoms. The van der Waals surface area contributed by atoms with Crippen molar-refractivity contribution >= 4 is 11.8 Å². The molecule has 3 rings (SSSR count). The Hall–Kier alpha value is -3.02. The Bertz CT molecular complexity index is 869. The summed E-state index contributed by atoms with van der Waals surface area (Å²) >= 11 is 0. The quantitative estimate of drug-likeness (QED) is 0.684. The number of nitrogens with zero attached hydrogens (tertiary/aromatic N) is 1. The van der Waals surface area contributed by atoms with Gasteiger partial charge in [-0.1, -0.05) is 55.8 Å². The molecule has 0 spiro atoms. The van der Waals surface area contributed by atoms with Gasteiger partial charge in [0.1, 0.15) is 0 Å². The maximum atomic E-state index is 13.2. The summed E-state index contributed by atoms with van der Waals surface area (Å²) in [4.78, 5) is 27.9. The second kappa shape index (κ2) is 10.1. The maximum Gasteiger partial charge on any atom is 0.226 e. The van der Waals surface area contributed by atoms with Crippen LogP contribution in [-0.2, 0) is 16.1 Å². The number of hydrogen-bond acceptors (Lipinski definition) is 4. The molecule has 1 aliphatic rings. The number of para-hydroxylation sites is 1. The number of ether oxygens (including phenoxy) is 2. The van der Waals surface area contributed by atoms with Gasteiger partial charge in [-0.3, -0.25) is 9.59 Å². The maximum absolute atomic E-state index is 13.2. The summed E-state index contributed by atoms with van der Waals surface area (Å²) in [7, 11) is 3.17. The van der Waals surface area contributed by atoms with Gasteiger partial charge in [0, 0.05) is 25.1 Å². The highest BCUT2D eigenvalue weighted by Crippen LogP contribution is 2.45. The van der Waals surface area contributed by atoms with E-state index in [0.717, 1.165) is 24.0 Å². The van der Waals surface area contributed by atoms with Crippen molar-refractivity contribution in [2.45, 2.75) is 38.8 Å². The van der Waals surface area contributed by atoms with Gasteiger partial charge in [0.2, 0.25) is 11.8 Å². The second-order valence-corrected chi connectivity index (χ2v) is 7.48. The molecule has 0 unspecified atom stereocenters. The third kappa shape index (κ3) is 4.58. The zero-order chi connectivity index (χ0) is 21.5. The largest absolute Gasteiger partial charge is 0.493 e. The monoisotopic (exact) mass is 410 g/mol. The van der Waals surface area contributed by atoms with Crippen LogP contribution in [0.3, 0.4) is 0 Å². The number of rotatable bonds is 9. The van der Waals surface area contributed by atoms with Crippen LogP contribution in [0, 0.1) is 5.92 Å². The minimum Gasteiger partial charge on any atom is -0.493 e. The molecule has 2 amide bonds. The van der Waals surface area contributed by atoms with Crippen LogP contribution in [0.4, 0.5) is 0 Å². The molecule has 0 radical (unpaired) electrons. The van der Waals surface area contributed by atoms with E-state index in [1.807, 2.05) is 53.4 Å². The highest BCUT2D eigenvalue weighted by Gasteiger charge is 2.45. The first kappa shape index (κ1) is 21.7. The molecule has 1 fully saturated rings. The van der Waals surface area contributed by atoms with E-state index in [-0.39, 0.29) is 24.3 Å². The summed E-state index contributed by atoms with van der Waals surface area (Å²) in [6.45, 7) is 3.13. The predicted molar refractivity (Wildman–Crippen MR) is 115 cm³/mol. The number of hydrogen-bond donors (Lipinski definition) is 1. The lowest BCUT2D eigenvalue weighted by molar-refractivity contribution is -0.129. The molecule has 6 heteroatoms. The van der Waals surface area contributed by atoms with Crippen molar-refractivity contribution in [2.24, 2.45) is 5.92 Å². The van der Waals surface area contributed by atoms with Crippen molar-refractivity contribution in [3.8, 4) is 11.5 Å². The highest BCUT2D eigenvalue weighted by atomic mass is 16.5. The number of methoxy groups -OCH3 is 2. The Balaban J connectivity index is 1.91. The normalized spacial score (nSPS) is 18.4. The molecule has 0 bridgehead atoms. The van der Waals surface area contributed by atoms with Crippen LogP contribution in [0.5, 0.6) is 11.5 Å². The molecular weight excluding hydrogens is 380 g/mol. The van der Waals surface area contributed by atoms with Gasteiger partial charge in [0.15, 0.2) is 11.5 Å². The lowest BCUT2D eigenvalue weighted by Gasteiger charge is -2.30. The summed E-state index contributed by atoms with van der Waals surface area (Å²) in [5.74, 6) is 0.550. The van der Waals surface area contributed by atoms with Gasteiger partial charge in [-0.05, 0) is 18.1 Å². The first-order valence-electron chi connectivity index (χ1n) is 10.4. The number of carbonyl (C=O) groups excluding carboxylic acids is 2. The third-order valence-corrected chi connectivity index (χ3v) is 5.58. The first-order valence-corrected chi connectivity index (χ1v) is 10.4. The van der Waals surface area contributed by atoms with Crippen molar-refractivity contribution in [3.05, 3.63) is 59.7 Å². The van der Waals surface area contributed by atoms with Gasteiger partial charge < -0.3 is 19.7 Å². The van der Waals surface area contributed by atoms with E-state index in [9.17, 15) is 9.59 Å². The smallest absolute Gasteiger partial charge is 0.226 e. The average molecular weight is 411 g/mol. The Kier molecular flexibility index (Phi) is 7.33. The number of benzene rings is 2. The Morgan fingerprint density at radius 3 is 2.53 bits per heavy atom. The van der Waals surface area contributed by atoms with Gasteiger partial charge in [0.05, 0.1) is 26.2 Å². The molecule has 1 N–H and O–H groups in total. The minimum atomic E-state index is -0.487.